The van der Waals surface area contributed by atoms with Crippen molar-refractivity contribution in [1.82, 2.24) is 14.9 Å². The summed E-state index contributed by atoms with van der Waals surface area (Å²) in [5.41, 5.74) is 0.464. The number of pyridine rings is 2. The topological polar surface area (TPSA) is 96.7 Å². The van der Waals surface area contributed by atoms with E-state index in [0.717, 1.165) is 25.5 Å². The molecule has 3 heterocycles. The summed E-state index contributed by atoms with van der Waals surface area (Å²) in [7, 11) is 1.45. The Balaban J connectivity index is 0.000000222. The number of aromatic nitrogens is 2. The molecule has 1 saturated carbocycles. The molecule has 198 valence electrons. The van der Waals surface area contributed by atoms with Crippen molar-refractivity contribution in [1.29, 1.82) is 0 Å². The fourth-order valence-corrected chi connectivity index (χ4v) is 4.93. The molecule has 10 heteroatoms. The second-order valence-corrected chi connectivity index (χ2v) is 9.56. The van der Waals surface area contributed by atoms with Gasteiger partial charge in [0.2, 0.25) is 5.43 Å². The third kappa shape index (κ3) is 4.79. The Morgan fingerprint density at radius 3 is 2.61 bits per heavy atom. The van der Waals surface area contributed by atoms with Gasteiger partial charge in [0.1, 0.15) is 17.1 Å². The number of ether oxygens (including phenoxy) is 1. The van der Waals surface area contributed by atoms with Gasteiger partial charge < -0.3 is 24.6 Å². The van der Waals surface area contributed by atoms with E-state index in [9.17, 15) is 19.1 Å². The lowest BCUT2D eigenvalue weighted by Gasteiger charge is -2.35. The van der Waals surface area contributed by atoms with Crippen LogP contribution in [-0.2, 0) is 0 Å². The lowest BCUT2D eigenvalue weighted by Crippen LogP contribution is -2.49. The Kier molecular flexibility index (Phi) is 6.98. The molecule has 2 aromatic carbocycles. The van der Waals surface area contributed by atoms with Crippen LogP contribution in [0.4, 0.5) is 14.5 Å². The number of carboxylic acid groups (broad SMARTS) is 1. The highest BCUT2D eigenvalue weighted by Gasteiger charge is 2.32. The molecule has 1 unspecified atom stereocenters. The number of piperazine rings is 1. The third-order valence-corrected chi connectivity index (χ3v) is 6.85. The van der Waals surface area contributed by atoms with Crippen molar-refractivity contribution in [3.8, 4) is 5.75 Å². The van der Waals surface area contributed by atoms with Gasteiger partial charge in [-0.1, -0.05) is 6.07 Å². The number of nitrogens with one attached hydrogen (secondary N) is 1. The number of fused-ring (bicyclic) bond motifs is 2. The van der Waals surface area contributed by atoms with Gasteiger partial charge in [0.25, 0.3) is 0 Å². The molecule has 0 radical (unpaired) electrons. The van der Waals surface area contributed by atoms with Crippen molar-refractivity contribution in [2.75, 3.05) is 31.6 Å². The van der Waals surface area contributed by atoms with Crippen molar-refractivity contribution in [3.63, 3.8) is 0 Å². The average molecular weight is 523 g/mol. The normalized spacial score (nSPS) is 17.3. The van der Waals surface area contributed by atoms with Gasteiger partial charge in [-0.25, -0.2) is 13.6 Å². The van der Waals surface area contributed by atoms with E-state index < -0.39 is 17.2 Å². The van der Waals surface area contributed by atoms with Gasteiger partial charge in [0.15, 0.2) is 11.6 Å². The maximum atomic E-state index is 15.1. The Morgan fingerprint density at radius 2 is 1.95 bits per heavy atom. The molecule has 2 N–H and O–H groups in total. The lowest BCUT2D eigenvalue weighted by atomic mass is 10.1. The van der Waals surface area contributed by atoms with Gasteiger partial charge in [0.05, 0.1) is 23.5 Å². The molecule has 1 saturated heterocycles. The zero-order valence-electron chi connectivity index (χ0n) is 21.1. The summed E-state index contributed by atoms with van der Waals surface area (Å²) in [4.78, 5) is 30.1. The van der Waals surface area contributed by atoms with Crippen LogP contribution >= 0.6 is 0 Å². The first-order valence-corrected chi connectivity index (χ1v) is 12.5. The first-order valence-electron chi connectivity index (χ1n) is 12.5. The predicted molar refractivity (Wildman–Crippen MR) is 141 cm³/mol. The molecule has 38 heavy (non-hydrogen) atoms. The van der Waals surface area contributed by atoms with Crippen LogP contribution in [0.3, 0.4) is 0 Å². The van der Waals surface area contributed by atoms with E-state index in [2.05, 4.69) is 10.3 Å². The lowest BCUT2D eigenvalue weighted by molar-refractivity contribution is 0.0694. The van der Waals surface area contributed by atoms with Crippen LogP contribution < -0.4 is 20.4 Å². The molecule has 1 aliphatic carbocycles. The van der Waals surface area contributed by atoms with E-state index in [1.807, 2.05) is 11.8 Å². The molecule has 0 bridgehead atoms. The minimum absolute atomic E-state index is 0.0445. The number of carbonyl (C=O) groups is 1. The minimum Gasteiger partial charge on any atom is -0.492 e. The maximum absolute atomic E-state index is 15.1. The fourth-order valence-electron chi connectivity index (χ4n) is 4.93. The van der Waals surface area contributed by atoms with E-state index >= 15 is 4.39 Å². The Bertz CT molecular complexity index is 1580. The van der Waals surface area contributed by atoms with E-state index in [-0.39, 0.29) is 28.9 Å². The van der Waals surface area contributed by atoms with Gasteiger partial charge >= 0.3 is 5.97 Å². The summed E-state index contributed by atoms with van der Waals surface area (Å²) < 4.78 is 35.4. The van der Waals surface area contributed by atoms with Crippen molar-refractivity contribution in [3.05, 3.63) is 76.2 Å². The van der Waals surface area contributed by atoms with Gasteiger partial charge in [-0.3, -0.25) is 9.78 Å². The number of anilines is 1. The van der Waals surface area contributed by atoms with Crippen molar-refractivity contribution < 1.29 is 23.4 Å². The molecule has 1 aliphatic heterocycles. The Hall–Kier alpha value is -4.05. The summed E-state index contributed by atoms with van der Waals surface area (Å²) in [6.45, 7) is 3.97. The van der Waals surface area contributed by atoms with Gasteiger partial charge in [0, 0.05) is 49.5 Å². The second-order valence-electron chi connectivity index (χ2n) is 9.56. The van der Waals surface area contributed by atoms with Crippen LogP contribution in [0.15, 0.2) is 53.6 Å². The molecule has 0 spiro atoms. The number of halogens is 2. The fraction of sp³-hybridized carbons (Fsp3) is 0.321. The molecule has 2 aromatic heterocycles. The molecule has 2 aliphatic rings. The Labute approximate surface area is 217 Å². The number of hydrogen-bond donors (Lipinski definition) is 2. The number of rotatable bonds is 4. The van der Waals surface area contributed by atoms with Crippen LogP contribution in [0, 0.1) is 11.6 Å². The van der Waals surface area contributed by atoms with Crippen LogP contribution in [-0.4, -0.2) is 53.4 Å². The molecule has 2 fully saturated rings. The van der Waals surface area contributed by atoms with Crippen molar-refractivity contribution in [2.24, 2.45) is 0 Å². The molecule has 8 nitrogen and oxygen atoms in total. The standard InChI is InChI=1S/C19H22FN3O4.C9H6FN/c1-10-8-22(6-5-21-10)16-14(20)7-12-15(18(16)27-2)23(11-3-4-11)9-13(17(12)24)19(25)26;10-8-4-1-5-9-7(8)3-2-6-11-9/h7,9-11,21H,3-6,8H2,1-2H3,(H,25,26);1-6H. The SMILES string of the molecule is COc1c(N2CCNC(C)C2)c(F)cc2c(=O)c(C(=O)O)cn(C3CC3)c12.Fc1cccc2ncccc12. The summed E-state index contributed by atoms with van der Waals surface area (Å²) in [5, 5.41) is 13.3. The number of carboxylic acids is 1. The smallest absolute Gasteiger partial charge is 0.341 e. The summed E-state index contributed by atoms with van der Waals surface area (Å²) in [5.74, 6) is -1.80. The summed E-state index contributed by atoms with van der Waals surface area (Å²) >= 11 is 0. The van der Waals surface area contributed by atoms with Crippen molar-refractivity contribution in [2.45, 2.75) is 31.8 Å². The highest BCUT2D eigenvalue weighted by atomic mass is 19.1. The number of nitrogens with zero attached hydrogens (tertiary/aromatic N) is 3. The summed E-state index contributed by atoms with van der Waals surface area (Å²) in [6.07, 6.45) is 4.80. The average Bonchev–Trinajstić information content (AvgIpc) is 3.74. The number of benzene rings is 2. The zero-order valence-corrected chi connectivity index (χ0v) is 21.1. The van der Waals surface area contributed by atoms with E-state index in [4.69, 9.17) is 4.74 Å². The molecular formula is C28H28F2N4O4. The Morgan fingerprint density at radius 1 is 1.16 bits per heavy atom. The number of hydrogen-bond acceptors (Lipinski definition) is 6. The molecule has 4 aromatic rings. The summed E-state index contributed by atoms with van der Waals surface area (Å²) in [6, 6.07) is 9.78. The van der Waals surface area contributed by atoms with Crippen LogP contribution in [0.1, 0.15) is 36.2 Å². The predicted octanol–water partition coefficient (Wildman–Crippen LogP) is 4.35. The first kappa shape index (κ1) is 25.6. The van der Waals surface area contributed by atoms with Crippen LogP contribution in [0.25, 0.3) is 21.8 Å². The first-order chi connectivity index (χ1) is 18.3. The van der Waals surface area contributed by atoms with Crippen LogP contribution in [0.2, 0.25) is 0 Å². The molecule has 6 rings (SSSR count). The minimum atomic E-state index is -1.31. The third-order valence-electron chi connectivity index (χ3n) is 6.85. The second kappa shape index (κ2) is 10.4. The monoisotopic (exact) mass is 522 g/mol. The molecular weight excluding hydrogens is 494 g/mol. The van der Waals surface area contributed by atoms with Crippen molar-refractivity contribution >= 4 is 33.5 Å². The van der Waals surface area contributed by atoms with Crippen LogP contribution in [0.5, 0.6) is 5.75 Å². The molecule has 1 atom stereocenters. The van der Waals surface area contributed by atoms with E-state index in [1.165, 1.54) is 19.4 Å². The van der Waals surface area contributed by atoms with Gasteiger partial charge in [-0.2, -0.15) is 0 Å². The van der Waals surface area contributed by atoms with E-state index in [0.29, 0.717) is 40.9 Å². The van der Waals surface area contributed by atoms with E-state index in [1.54, 1.807) is 35.0 Å². The quantitative estimate of drug-likeness (QED) is 0.411. The number of aromatic carboxylic acids is 1. The zero-order chi connectivity index (χ0) is 27.0. The highest BCUT2D eigenvalue weighted by molar-refractivity contribution is 5.97. The maximum Gasteiger partial charge on any atom is 0.341 e. The van der Waals surface area contributed by atoms with Gasteiger partial charge in [-0.05, 0) is 50.1 Å². The number of methoxy groups -OCH3 is 1. The highest BCUT2D eigenvalue weighted by Crippen LogP contribution is 2.43. The largest absolute Gasteiger partial charge is 0.492 e. The van der Waals surface area contributed by atoms with Gasteiger partial charge in [-0.15, -0.1) is 0 Å². The molecule has 0 amide bonds.